The van der Waals surface area contributed by atoms with Crippen molar-refractivity contribution in [3.63, 3.8) is 0 Å². The third kappa shape index (κ3) is 4.13. The molecule has 0 spiro atoms. The number of nitriles is 1. The van der Waals surface area contributed by atoms with Crippen molar-refractivity contribution in [2.24, 2.45) is 22.4 Å². The molecule has 6 heteroatoms. The molecular weight excluding hydrogens is 442 g/mol. The van der Waals surface area contributed by atoms with Crippen molar-refractivity contribution in [3.05, 3.63) is 63.6 Å². The Kier molecular flexibility index (Phi) is 5.92. The highest BCUT2D eigenvalue weighted by molar-refractivity contribution is 9.10. The Morgan fingerprint density at radius 3 is 2.93 bits per heavy atom. The van der Waals surface area contributed by atoms with E-state index in [2.05, 4.69) is 39.5 Å². The van der Waals surface area contributed by atoms with E-state index in [0.29, 0.717) is 23.8 Å². The number of nitrogens with one attached hydrogen (secondary N) is 1. The van der Waals surface area contributed by atoms with E-state index >= 15 is 0 Å². The zero-order valence-electron chi connectivity index (χ0n) is 16.9. The van der Waals surface area contributed by atoms with Crippen LogP contribution in [0.5, 0.6) is 5.75 Å². The van der Waals surface area contributed by atoms with Gasteiger partial charge in [-0.3, -0.25) is 4.79 Å². The Morgan fingerprint density at radius 1 is 1.37 bits per heavy atom. The molecule has 1 N–H and O–H groups in total. The van der Waals surface area contributed by atoms with Crippen molar-refractivity contribution in [2.75, 3.05) is 0 Å². The van der Waals surface area contributed by atoms with Gasteiger partial charge in [-0.1, -0.05) is 38.0 Å². The van der Waals surface area contributed by atoms with Crippen LogP contribution >= 0.6 is 15.9 Å². The second-order valence-electron chi connectivity index (χ2n) is 8.32. The molecule has 2 aliphatic carbocycles. The number of nitrogens with zero attached hydrogens (tertiary/aromatic N) is 2. The molecule has 2 aliphatic rings. The van der Waals surface area contributed by atoms with Gasteiger partial charge >= 0.3 is 0 Å². The Bertz CT molecular complexity index is 1030. The van der Waals surface area contributed by atoms with Crippen molar-refractivity contribution in [1.82, 2.24) is 5.43 Å². The Labute approximate surface area is 185 Å². The summed E-state index contributed by atoms with van der Waals surface area (Å²) in [6.45, 7) is 2.54. The van der Waals surface area contributed by atoms with Crippen LogP contribution in [0.4, 0.5) is 0 Å². The van der Waals surface area contributed by atoms with Gasteiger partial charge in [-0.05, 0) is 69.9 Å². The van der Waals surface area contributed by atoms with Gasteiger partial charge in [0.25, 0.3) is 0 Å². The van der Waals surface area contributed by atoms with E-state index in [1.807, 2.05) is 36.4 Å². The van der Waals surface area contributed by atoms with Crippen molar-refractivity contribution in [2.45, 2.75) is 39.2 Å². The third-order valence-electron chi connectivity index (χ3n) is 6.48. The summed E-state index contributed by atoms with van der Waals surface area (Å²) in [4.78, 5) is 12.5. The van der Waals surface area contributed by atoms with Crippen LogP contribution in [0.25, 0.3) is 0 Å². The summed E-state index contributed by atoms with van der Waals surface area (Å²) >= 11 is 3.52. The second kappa shape index (κ2) is 8.61. The molecule has 4 rings (SSSR count). The Morgan fingerprint density at radius 2 is 2.20 bits per heavy atom. The van der Waals surface area contributed by atoms with Crippen LogP contribution in [0.2, 0.25) is 0 Å². The third-order valence-corrected chi connectivity index (χ3v) is 7.10. The van der Waals surface area contributed by atoms with Gasteiger partial charge in [-0.25, -0.2) is 5.43 Å². The molecule has 1 amide bonds. The van der Waals surface area contributed by atoms with Gasteiger partial charge in [-0.2, -0.15) is 10.4 Å². The number of carbonyl (C=O) groups excluding carboxylic acids is 1. The van der Waals surface area contributed by atoms with E-state index in [-0.39, 0.29) is 17.2 Å². The zero-order chi connectivity index (χ0) is 21.1. The Balaban J connectivity index is 1.33. The molecule has 5 nitrogen and oxygen atoms in total. The molecule has 2 aromatic rings. The van der Waals surface area contributed by atoms with E-state index in [0.717, 1.165) is 28.4 Å². The monoisotopic (exact) mass is 465 g/mol. The lowest BCUT2D eigenvalue weighted by Gasteiger charge is -2.15. The van der Waals surface area contributed by atoms with Gasteiger partial charge in [0.2, 0.25) is 5.91 Å². The highest BCUT2D eigenvalue weighted by Gasteiger charge is 2.64. The van der Waals surface area contributed by atoms with Crippen molar-refractivity contribution in [3.8, 4) is 11.8 Å². The van der Waals surface area contributed by atoms with Crippen molar-refractivity contribution < 1.29 is 9.53 Å². The minimum atomic E-state index is 0.0378. The van der Waals surface area contributed by atoms with Gasteiger partial charge in [0, 0.05) is 11.5 Å². The minimum absolute atomic E-state index is 0.0378. The molecule has 154 valence electrons. The van der Waals surface area contributed by atoms with Gasteiger partial charge in [0.1, 0.15) is 12.4 Å². The van der Waals surface area contributed by atoms with Crippen LogP contribution in [0.1, 0.15) is 49.3 Å². The molecule has 2 fully saturated rings. The van der Waals surface area contributed by atoms with Gasteiger partial charge < -0.3 is 4.74 Å². The summed E-state index contributed by atoms with van der Waals surface area (Å²) in [5.41, 5.74) is 5.21. The molecule has 2 saturated carbocycles. The zero-order valence-corrected chi connectivity index (χ0v) is 18.5. The van der Waals surface area contributed by atoms with E-state index < -0.39 is 0 Å². The van der Waals surface area contributed by atoms with Crippen LogP contribution in [-0.2, 0) is 11.4 Å². The number of hydrazone groups is 1. The van der Waals surface area contributed by atoms with Crippen molar-refractivity contribution >= 4 is 28.1 Å². The molecule has 0 aliphatic heterocycles. The average molecular weight is 466 g/mol. The first-order chi connectivity index (χ1) is 14.5. The van der Waals surface area contributed by atoms with E-state index in [9.17, 15) is 10.1 Å². The van der Waals surface area contributed by atoms with E-state index in [4.69, 9.17) is 4.74 Å². The summed E-state index contributed by atoms with van der Waals surface area (Å²) in [6.07, 6.45) is 6.41. The lowest BCUT2D eigenvalue weighted by molar-refractivity contribution is -0.123. The fraction of sp³-hybridized carbons (Fsp3) is 0.375. The smallest absolute Gasteiger partial charge is 0.244 e. The summed E-state index contributed by atoms with van der Waals surface area (Å²) < 4.78 is 6.64. The molecule has 3 atom stereocenters. The minimum Gasteiger partial charge on any atom is -0.488 e. The average Bonchev–Trinajstić information content (AvgIpc) is 3.39. The fourth-order valence-corrected chi connectivity index (χ4v) is 5.23. The maximum absolute atomic E-state index is 12.5. The normalized spacial score (nSPS) is 24.7. The summed E-state index contributed by atoms with van der Waals surface area (Å²) in [5, 5.41) is 13.3. The highest BCUT2D eigenvalue weighted by Crippen LogP contribution is 2.66. The number of amides is 1. The summed E-state index contributed by atoms with van der Waals surface area (Å²) in [7, 11) is 0. The largest absolute Gasteiger partial charge is 0.488 e. The number of ether oxygens (including phenoxy) is 1. The predicted molar refractivity (Wildman–Crippen MR) is 119 cm³/mol. The molecule has 0 radical (unpaired) electrons. The molecular formula is C24H24BrN3O2. The lowest BCUT2D eigenvalue weighted by atomic mass is 9.90. The van der Waals surface area contributed by atoms with Gasteiger partial charge in [-0.15, -0.1) is 0 Å². The fourth-order valence-electron chi connectivity index (χ4n) is 4.72. The van der Waals surface area contributed by atoms with Crippen LogP contribution in [0.15, 0.2) is 52.0 Å². The first kappa shape index (κ1) is 20.6. The van der Waals surface area contributed by atoms with Crippen LogP contribution in [0.3, 0.4) is 0 Å². The van der Waals surface area contributed by atoms with Crippen LogP contribution in [-0.4, -0.2) is 12.1 Å². The topological polar surface area (TPSA) is 74.5 Å². The summed E-state index contributed by atoms with van der Waals surface area (Å²) in [6, 6.07) is 15.2. The number of rotatable bonds is 6. The molecule has 0 heterocycles. The number of benzene rings is 2. The molecule has 30 heavy (non-hydrogen) atoms. The van der Waals surface area contributed by atoms with E-state index in [1.165, 1.54) is 12.8 Å². The maximum atomic E-state index is 12.5. The number of hydrogen-bond acceptors (Lipinski definition) is 4. The Hall–Kier alpha value is -2.65. The quantitative estimate of drug-likeness (QED) is 0.471. The molecule has 2 aromatic carbocycles. The van der Waals surface area contributed by atoms with E-state index in [1.54, 1.807) is 12.3 Å². The summed E-state index contributed by atoms with van der Waals surface area (Å²) in [5.74, 6) is 1.35. The molecule has 0 saturated heterocycles. The number of fused-ring (bicyclic) bond motifs is 1. The second-order valence-corrected chi connectivity index (χ2v) is 9.17. The molecule has 0 bridgehead atoms. The van der Waals surface area contributed by atoms with Gasteiger partial charge in [0.05, 0.1) is 22.3 Å². The SMILES string of the molecule is C[C@]12CCCC[C@H]1[C@@H]2C(=O)N/N=C\c1ccc(OCc2ccccc2C#N)c(Br)c1. The van der Waals surface area contributed by atoms with Crippen molar-refractivity contribution in [1.29, 1.82) is 5.26 Å². The number of halogens is 1. The van der Waals surface area contributed by atoms with Crippen LogP contribution < -0.4 is 10.2 Å². The van der Waals surface area contributed by atoms with Crippen LogP contribution in [0, 0.1) is 28.6 Å². The molecule has 0 aromatic heterocycles. The standard InChI is InChI=1S/C24H24BrN3O2/c1-24-11-5-4-8-19(24)22(24)23(29)28-27-14-16-9-10-21(20(25)12-16)30-15-18-7-3-2-6-17(18)13-26/h2-3,6-7,9-10,12,14,19,22H,4-5,8,11,15H2,1H3,(H,28,29)/b27-14-/t19-,22+,24-/m0/s1. The molecule has 0 unspecified atom stereocenters. The first-order valence-corrected chi connectivity index (χ1v) is 11.1. The number of hydrogen-bond donors (Lipinski definition) is 1. The maximum Gasteiger partial charge on any atom is 0.244 e. The number of carbonyl (C=O) groups is 1. The first-order valence-electron chi connectivity index (χ1n) is 10.3. The lowest BCUT2D eigenvalue weighted by Crippen LogP contribution is -2.22. The highest BCUT2D eigenvalue weighted by atomic mass is 79.9. The predicted octanol–water partition coefficient (Wildman–Crippen LogP) is 5.18. The van der Waals surface area contributed by atoms with Gasteiger partial charge in [0.15, 0.2) is 0 Å².